The van der Waals surface area contributed by atoms with E-state index >= 15 is 0 Å². The Morgan fingerprint density at radius 3 is 2.36 bits per heavy atom. The standard InChI is InChI=1S/C27H34N4O2/c1-27(2,3)16-25(32)31(24-13-11-22(29)12-14-24)18-20-5-4-6-23(15-20)30-26(33)21-9-7-19(17-28)8-10-21/h4-10,15,22,24H,11-14,16,18,29H2,1-3H3,(H,30,33). The Labute approximate surface area is 196 Å². The van der Waals surface area contributed by atoms with Crippen LogP contribution in [0.2, 0.25) is 0 Å². The Morgan fingerprint density at radius 2 is 1.76 bits per heavy atom. The first-order chi connectivity index (χ1) is 15.6. The summed E-state index contributed by atoms with van der Waals surface area (Å²) in [5.41, 5.74) is 8.66. The molecule has 0 spiro atoms. The molecule has 0 saturated heterocycles. The molecule has 2 aromatic rings. The van der Waals surface area contributed by atoms with E-state index in [0.29, 0.717) is 29.8 Å². The van der Waals surface area contributed by atoms with Gasteiger partial charge in [-0.25, -0.2) is 0 Å². The first-order valence-corrected chi connectivity index (χ1v) is 11.6. The molecular formula is C27H34N4O2. The molecule has 2 amide bonds. The summed E-state index contributed by atoms with van der Waals surface area (Å²) in [5, 5.41) is 11.8. The number of benzene rings is 2. The molecule has 1 fully saturated rings. The van der Waals surface area contributed by atoms with Gasteiger partial charge >= 0.3 is 0 Å². The van der Waals surface area contributed by atoms with E-state index in [1.54, 1.807) is 24.3 Å². The van der Waals surface area contributed by atoms with Gasteiger partial charge in [-0.15, -0.1) is 0 Å². The number of nitrogens with one attached hydrogen (secondary N) is 1. The molecule has 6 nitrogen and oxygen atoms in total. The van der Waals surface area contributed by atoms with Crippen LogP contribution in [0.5, 0.6) is 0 Å². The summed E-state index contributed by atoms with van der Waals surface area (Å²) >= 11 is 0. The average molecular weight is 447 g/mol. The van der Waals surface area contributed by atoms with E-state index in [2.05, 4.69) is 32.2 Å². The first kappa shape index (κ1) is 24.5. The van der Waals surface area contributed by atoms with Gasteiger partial charge in [0.1, 0.15) is 0 Å². The second-order valence-electron chi connectivity index (χ2n) is 10.2. The molecular weight excluding hydrogens is 412 g/mol. The monoisotopic (exact) mass is 446 g/mol. The number of rotatable bonds is 6. The predicted molar refractivity (Wildman–Crippen MR) is 130 cm³/mol. The molecule has 1 aliphatic rings. The third-order valence-corrected chi connectivity index (χ3v) is 6.00. The average Bonchev–Trinajstić information content (AvgIpc) is 2.77. The number of nitrogens with zero attached hydrogens (tertiary/aromatic N) is 2. The molecule has 0 unspecified atom stereocenters. The van der Waals surface area contributed by atoms with Crippen molar-refractivity contribution >= 4 is 17.5 Å². The number of nitrogens with two attached hydrogens (primary N) is 1. The third kappa shape index (κ3) is 7.16. The zero-order valence-corrected chi connectivity index (χ0v) is 19.8. The van der Waals surface area contributed by atoms with E-state index in [9.17, 15) is 9.59 Å². The number of amides is 2. The van der Waals surface area contributed by atoms with Crippen LogP contribution in [-0.4, -0.2) is 28.8 Å². The number of carbonyl (C=O) groups is 2. The predicted octanol–water partition coefficient (Wildman–Crippen LogP) is 4.85. The van der Waals surface area contributed by atoms with E-state index in [1.165, 1.54) is 0 Å². The highest BCUT2D eigenvalue weighted by Crippen LogP contribution is 2.28. The SMILES string of the molecule is CC(C)(C)CC(=O)N(Cc1cccc(NC(=O)c2ccc(C#N)cc2)c1)C1CCC(N)CC1. The van der Waals surface area contributed by atoms with Crippen molar-refractivity contribution in [1.82, 2.24) is 4.90 Å². The first-order valence-electron chi connectivity index (χ1n) is 11.6. The zero-order chi connectivity index (χ0) is 24.0. The van der Waals surface area contributed by atoms with Crippen molar-refractivity contribution in [2.24, 2.45) is 11.1 Å². The van der Waals surface area contributed by atoms with Gasteiger partial charge in [-0.1, -0.05) is 32.9 Å². The summed E-state index contributed by atoms with van der Waals surface area (Å²) < 4.78 is 0. The molecule has 0 atom stereocenters. The van der Waals surface area contributed by atoms with Gasteiger partial charge in [-0.2, -0.15) is 5.26 Å². The Hall–Kier alpha value is -3.17. The summed E-state index contributed by atoms with van der Waals surface area (Å²) in [6.45, 7) is 6.76. The lowest BCUT2D eigenvalue weighted by Gasteiger charge is -2.37. The van der Waals surface area contributed by atoms with Gasteiger partial charge in [0, 0.05) is 36.3 Å². The van der Waals surface area contributed by atoms with Crippen LogP contribution in [0.15, 0.2) is 48.5 Å². The minimum atomic E-state index is -0.237. The Bertz CT molecular complexity index is 1010. The molecule has 0 bridgehead atoms. The van der Waals surface area contributed by atoms with E-state index in [-0.39, 0.29) is 29.3 Å². The summed E-state index contributed by atoms with van der Waals surface area (Å²) in [6.07, 6.45) is 4.21. The van der Waals surface area contributed by atoms with Crippen LogP contribution in [0.1, 0.15) is 74.4 Å². The number of anilines is 1. The lowest BCUT2D eigenvalue weighted by molar-refractivity contribution is -0.137. The molecule has 0 aromatic heterocycles. The Kier molecular flexibility index (Phi) is 7.88. The Morgan fingerprint density at radius 1 is 1.09 bits per heavy atom. The van der Waals surface area contributed by atoms with Gasteiger partial charge in [0.2, 0.25) is 5.91 Å². The van der Waals surface area contributed by atoms with E-state index in [1.807, 2.05) is 29.2 Å². The molecule has 3 rings (SSSR count). The fourth-order valence-electron chi connectivity index (χ4n) is 4.23. The molecule has 174 valence electrons. The van der Waals surface area contributed by atoms with Crippen molar-refractivity contribution in [3.8, 4) is 6.07 Å². The molecule has 2 aromatic carbocycles. The molecule has 0 radical (unpaired) electrons. The van der Waals surface area contributed by atoms with Crippen LogP contribution >= 0.6 is 0 Å². The second-order valence-corrected chi connectivity index (χ2v) is 10.2. The van der Waals surface area contributed by atoms with Gasteiger partial charge in [0.15, 0.2) is 0 Å². The molecule has 1 saturated carbocycles. The maximum Gasteiger partial charge on any atom is 0.255 e. The number of hydrogen-bond acceptors (Lipinski definition) is 4. The lowest BCUT2D eigenvalue weighted by Crippen LogP contribution is -2.44. The topological polar surface area (TPSA) is 99.2 Å². The zero-order valence-electron chi connectivity index (χ0n) is 19.8. The van der Waals surface area contributed by atoms with Gasteiger partial charge in [-0.3, -0.25) is 9.59 Å². The van der Waals surface area contributed by atoms with Gasteiger partial charge in [0.05, 0.1) is 11.6 Å². The maximum atomic E-state index is 13.2. The highest BCUT2D eigenvalue weighted by Gasteiger charge is 2.30. The normalized spacial score (nSPS) is 18.3. The Balaban J connectivity index is 1.74. The van der Waals surface area contributed by atoms with Crippen LogP contribution in [0, 0.1) is 16.7 Å². The summed E-state index contributed by atoms with van der Waals surface area (Å²) in [5.74, 6) is -0.0754. The summed E-state index contributed by atoms with van der Waals surface area (Å²) in [7, 11) is 0. The summed E-state index contributed by atoms with van der Waals surface area (Å²) in [6, 6.07) is 16.6. The fourth-order valence-corrected chi connectivity index (χ4v) is 4.23. The van der Waals surface area contributed by atoms with Crippen LogP contribution in [0.25, 0.3) is 0 Å². The quantitative estimate of drug-likeness (QED) is 0.663. The van der Waals surface area contributed by atoms with Crippen molar-refractivity contribution < 1.29 is 9.59 Å². The summed E-state index contributed by atoms with van der Waals surface area (Å²) in [4.78, 5) is 27.9. The fraction of sp³-hybridized carbons (Fsp3) is 0.444. The molecule has 33 heavy (non-hydrogen) atoms. The van der Waals surface area contributed by atoms with Crippen molar-refractivity contribution in [1.29, 1.82) is 5.26 Å². The largest absolute Gasteiger partial charge is 0.335 e. The maximum absolute atomic E-state index is 13.2. The van der Waals surface area contributed by atoms with E-state index in [0.717, 1.165) is 31.2 Å². The van der Waals surface area contributed by atoms with Crippen LogP contribution in [0.4, 0.5) is 5.69 Å². The minimum Gasteiger partial charge on any atom is -0.335 e. The number of carbonyl (C=O) groups excluding carboxylic acids is 2. The van der Waals surface area contributed by atoms with Crippen molar-refractivity contribution in [2.45, 2.75) is 71.5 Å². The molecule has 6 heteroatoms. The molecule has 0 heterocycles. The molecule has 0 aliphatic heterocycles. The van der Waals surface area contributed by atoms with Crippen molar-refractivity contribution in [3.63, 3.8) is 0 Å². The van der Waals surface area contributed by atoms with Gasteiger partial charge < -0.3 is 16.0 Å². The van der Waals surface area contributed by atoms with Crippen molar-refractivity contribution in [3.05, 3.63) is 65.2 Å². The third-order valence-electron chi connectivity index (χ3n) is 6.00. The van der Waals surface area contributed by atoms with E-state index in [4.69, 9.17) is 11.0 Å². The second kappa shape index (κ2) is 10.6. The van der Waals surface area contributed by atoms with Crippen LogP contribution in [-0.2, 0) is 11.3 Å². The highest BCUT2D eigenvalue weighted by molar-refractivity contribution is 6.04. The van der Waals surface area contributed by atoms with Gasteiger partial charge in [-0.05, 0) is 73.1 Å². The van der Waals surface area contributed by atoms with E-state index < -0.39 is 0 Å². The van der Waals surface area contributed by atoms with Crippen LogP contribution < -0.4 is 11.1 Å². The van der Waals surface area contributed by atoms with Crippen LogP contribution in [0.3, 0.4) is 0 Å². The smallest absolute Gasteiger partial charge is 0.255 e. The minimum absolute atomic E-state index is 0.0860. The number of nitriles is 1. The lowest BCUT2D eigenvalue weighted by atomic mass is 9.88. The molecule has 1 aliphatic carbocycles. The van der Waals surface area contributed by atoms with Gasteiger partial charge in [0.25, 0.3) is 5.91 Å². The molecule has 3 N–H and O–H groups in total. The highest BCUT2D eigenvalue weighted by atomic mass is 16.2. The van der Waals surface area contributed by atoms with Crippen molar-refractivity contribution in [2.75, 3.05) is 5.32 Å². The number of hydrogen-bond donors (Lipinski definition) is 2.